The molecule has 4 nitrogen and oxygen atoms in total. The summed E-state index contributed by atoms with van der Waals surface area (Å²) in [7, 11) is 0. The summed E-state index contributed by atoms with van der Waals surface area (Å²) in [5.41, 5.74) is 0.958. The van der Waals surface area contributed by atoms with Crippen LogP contribution in [0.2, 0.25) is 0 Å². The third-order valence-corrected chi connectivity index (χ3v) is 3.93. The van der Waals surface area contributed by atoms with Crippen molar-refractivity contribution in [2.24, 2.45) is 0 Å². The number of ether oxygens (including phenoxy) is 1. The van der Waals surface area contributed by atoms with E-state index in [4.69, 9.17) is 9.84 Å². The summed E-state index contributed by atoms with van der Waals surface area (Å²) < 4.78 is 5.70. The van der Waals surface area contributed by atoms with Gasteiger partial charge in [0.15, 0.2) is 0 Å². The molecule has 0 aliphatic rings. The SMILES string of the molecule is CCCOc1ccccc1NCc1ccc(CC(=O)O)s1. The summed E-state index contributed by atoms with van der Waals surface area (Å²) in [5, 5.41) is 12.1. The Hall–Kier alpha value is -2.01. The lowest BCUT2D eigenvalue weighted by Crippen LogP contribution is -2.02. The molecule has 5 heteroatoms. The van der Waals surface area contributed by atoms with Gasteiger partial charge in [0, 0.05) is 16.3 Å². The third kappa shape index (κ3) is 4.79. The van der Waals surface area contributed by atoms with Crippen LogP contribution in [-0.4, -0.2) is 17.7 Å². The zero-order chi connectivity index (χ0) is 15.1. The second-order valence-electron chi connectivity index (χ2n) is 4.64. The van der Waals surface area contributed by atoms with Crippen LogP contribution in [0, 0.1) is 0 Å². The van der Waals surface area contributed by atoms with Gasteiger partial charge in [-0.1, -0.05) is 19.1 Å². The summed E-state index contributed by atoms with van der Waals surface area (Å²) in [4.78, 5) is 12.7. The first-order chi connectivity index (χ1) is 10.2. The van der Waals surface area contributed by atoms with Gasteiger partial charge in [-0.15, -0.1) is 11.3 Å². The molecule has 0 atom stereocenters. The van der Waals surface area contributed by atoms with E-state index in [1.165, 1.54) is 11.3 Å². The number of benzene rings is 1. The number of para-hydroxylation sites is 2. The molecule has 0 radical (unpaired) electrons. The highest BCUT2D eigenvalue weighted by Crippen LogP contribution is 2.25. The van der Waals surface area contributed by atoms with Crippen molar-refractivity contribution in [1.82, 2.24) is 0 Å². The highest BCUT2D eigenvalue weighted by atomic mass is 32.1. The monoisotopic (exact) mass is 305 g/mol. The summed E-state index contributed by atoms with van der Waals surface area (Å²) in [6, 6.07) is 11.7. The van der Waals surface area contributed by atoms with Crippen molar-refractivity contribution in [1.29, 1.82) is 0 Å². The van der Waals surface area contributed by atoms with Gasteiger partial charge in [-0.3, -0.25) is 4.79 Å². The van der Waals surface area contributed by atoms with E-state index in [1.807, 2.05) is 36.4 Å². The second kappa shape index (κ2) is 7.69. The number of aliphatic carboxylic acids is 1. The topological polar surface area (TPSA) is 58.6 Å². The molecule has 0 spiro atoms. The summed E-state index contributed by atoms with van der Waals surface area (Å²) in [5.74, 6) is 0.0522. The van der Waals surface area contributed by atoms with E-state index in [0.717, 1.165) is 27.6 Å². The Morgan fingerprint density at radius 3 is 2.76 bits per heavy atom. The van der Waals surface area contributed by atoms with Crippen molar-refractivity contribution in [2.75, 3.05) is 11.9 Å². The number of anilines is 1. The quantitative estimate of drug-likeness (QED) is 0.779. The molecule has 1 heterocycles. The Labute approximate surface area is 128 Å². The lowest BCUT2D eigenvalue weighted by atomic mass is 10.3. The average Bonchev–Trinajstić information content (AvgIpc) is 2.90. The first-order valence-electron chi connectivity index (χ1n) is 6.94. The highest BCUT2D eigenvalue weighted by molar-refractivity contribution is 7.12. The van der Waals surface area contributed by atoms with Gasteiger partial charge in [-0.2, -0.15) is 0 Å². The van der Waals surface area contributed by atoms with Crippen molar-refractivity contribution in [2.45, 2.75) is 26.3 Å². The molecule has 21 heavy (non-hydrogen) atoms. The minimum absolute atomic E-state index is 0.0842. The van der Waals surface area contributed by atoms with Crippen LogP contribution >= 0.6 is 11.3 Å². The largest absolute Gasteiger partial charge is 0.491 e. The number of thiophene rings is 1. The Morgan fingerprint density at radius 2 is 2.00 bits per heavy atom. The van der Waals surface area contributed by atoms with E-state index in [9.17, 15) is 4.79 Å². The predicted octanol–water partition coefficient (Wildman–Crippen LogP) is 3.78. The van der Waals surface area contributed by atoms with E-state index < -0.39 is 5.97 Å². The molecule has 0 amide bonds. The molecule has 0 bridgehead atoms. The van der Waals surface area contributed by atoms with Crippen LogP contribution in [-0.2, 0) is 17.8 Å². The molecule has 2 aromatic rings. The highest BCUT2D eigenvalue weighted by Gasteiger charge is 2.06. The van der Waals surface area contributed by atoms with Crippen LogP contribution in [0.4, 0.5) is 5.69 Å². The molecule has 1 aromatic heterocycles. The van der Waals surface area contributed by atoms with E-state index in [0.29, 0.717) is 13.2 Å². The molecular weight excluding hydrogens is 286 g/mol. The number of hydrogen-bond donors (Lipinski definition) is 2. The van der Waals surface area contributed by atoms with Crippen molar-refractivity contribution >= 4 is 23.0 Å². The van der Waals surface area contributed by atoms with Crippen molar-refractivity contribution < 1.29 is 14.6 Å². The van der Waals surface area contributed by atoms with Gasteiger partial charge in [-0.25, -0.2) is 0 Å². The number of carbonyl (C=O) groups is 1. The third-order valence-electron chi connectivity index (χ3n) is 2.84. The maximum atomic E-state index is 10.7. The summed E-state index contributed by atoms with van der Waals surface area (Å²) in [6.07, 6.45) is 1.05. The Morgan fingerprint density at radius 1 is 1.24 bits per heavy atom. The van der Waals surface area contributed by atoms with Crippen LogP contribution in [0.25, 0.3) is 0 Å². The van der Waals surface area contributed by atoms with E-state index in [2.05, 4.69) is 12.2 Å². The van der Waals surface area contributed by atoms with Crippen LogP contribution in [0.3, 0.4) is 0 Å². The summed E-state index contributed by atoms with van der Waals surface area (Å²) >= 11 is 1.52. The van der Waals surface area contributed by atoms with Crippen LogP contribution < -0.4 is 10.1 Å². The van der Waals surface area contributed by atoms with Gasteiger partial charge in [0.05, 0.1) is 18.7 Å². The maximum absolute atomic E-state index is 10.7. The lowest BCUT2D eigenvalue weighted by Gasteiger charge is -2.12. The fourth-order valence-corrected chi connectivity index (χ4v) is 2.84. The Bertz CT molecular complexity index is 595. The molecule has 2 N–H and O–H groups in total. The first kappa shape index (κ1) is 15.4. The number of rotatable bonds is 8. The second-order valence-corrected chi connectivity index (χ2v) is 5.89. The standard InChI is InChI=1S/C16H19NO3S/c1-2-9-20-15-6-4-3-5-14(15)17-11-13-8-7-12(21-13)10-16(18)19/h3-8,17H,2,9-11H2,1H3,(H,18,19). The Kier molecular flexibility index (Phi) is 5.63. The number of carboxylic acid groups (broad SMARTS) is 1. The molecule has 2 rings (SSSR count). The molecule has 0 fully saturated rings. The Balaban J connectivity index is 1.96. The molecule has 112 valence electrons. The molecular formula is C16H19NO3S. The predicted molar refractivity (Wildman–Crippen MR) is 85.2 cm³/mol. The molecule has 0 aliphatic carbocycles. The van der Waals surface area contributed by atoms with Crippen molar-refractivity contribution in [3.8, 4) is 5.75 Å². The zero-order valence-corrected chi connectivity index (χ0v) is 12.8. The lowest BCUT2D eigenvalue weighted by molar-refractivity contribution is -0.136. The maximum Gasteiger partial charge on any atom is 0.308 e. The normalized spacial score (nSPS) is 10.3. The number of carboxylic acids is 1. The van der Waals surface area contributed by atoms with Crippen LogP contribution in [0.5, 0.6) is 5.75 Å². The van der Waals surface area contributed by atoms with E-state index in [1.54, 1.807) is 0 Å². The van der Waals surface area contributed by atoms with Gasteiger partial charge in [-0.05, 0) is 30.7 Å². The van der Waals surface area contributed by atoms with E-state index >= 15 is 0 Å². The smallest absolute Gasteiger partial charge is 0.308 e. The minimum Gasteiger partial charge on any atom is -0.491 e. The fourth-order valence-electron chi connectivity index (χ4n) is 1.89. The summed E-state index contributed by atoms with van der Waals surface area (Å²) in [6.45, 7) is 3.43. The fraction of sp³-hybridized carbons (Fsp3) is 0.312. The number of hydrogen-bond acceptors (Lipinski definition) is 4. The van der Waals surface area contributed by atoms with Crippen LogP contribution in [0.1, 0.15) is 23.1 Å². The van der Waals surface area contributed by atoms with Gasteiger partial charge in [0.2, 0.25) is 0 Å². The van der Waals surface area contributed by atoms with Crippen molar-refractivity contribution in [3.63, 3.8) is 0 Å². The van der Waals surface area contributed by atoms with Gasteiger partial charge >= 0.3 is 5.97 Å². The average molecular weight is 305 g/mol. The number of nitrogens with one attached hydrogen (secondary N) is 1. The zero-order valence-electron chi connectivity index (χ0n) is 12.0. The van der Waals surface area contributed by atoms with E-state index in [-0.39, 0.29) is 6.42 Å². The van der Waals surface area contributed by atoms with Crippen LogP contribution in [0.15, 0.2) is 36.4 Å². The molecule has 0 unspecified atom stereocenters. The first-order valence-corrected chi connectivity index (χ1v) is 7.75. The molecule has 1 aromatic carbocycles. The van der Waals surface area contributed by atoms with Crippen molar-refractivity contribution in [3.05, 3.63) is 46.2 Å². The minimum atomic E-state index is -0.797. The molecule has 0 saturated carbocycles. The van der Waals surface area contributed by atoms with Gasteiger partial charge < -0.3 is 15.2 Å². The van der Waals surface area contributed by atoms with Gasteiger partial charge in [0.25, 0.3) is 0 Å². The van der Waals surface area contributed by atoms with Gasteiger partial charge in [0.1, 0.15) is 5.75 Å². The molecule has 0 aliphatic heterocycles. The molecule has 0 saturated heterocycles.